The second kappa shape index (κ2) is 10.9. The fourth-order valence-corrected chi connectivity index (χ4v) is 3.81. The van der Waals surface area contributed by atoms with E-state index in [0.717, 1.165) is 24.2 Å². The van der Waals surface area contributed by atoms with Crippen molar-refractivity contribution in [2.45, 2.75) is 39.2 Å². The van der Waals surface area contributed by atoms with Gasteiger partial charge in [-0.3, -0.25) is 14.6 Å². The standard InChI is InChI=1S/C25H30N2O5/c1-4-5-14-32-20-10-9-18(15-17(20)2)23(28)21-22(19-8-6-11-26-16-19)27(12-7-13-31-3)25(30)24(21)29/h6,8-11,15-16,22,28H,4-5,7,12-14H2,1-3H3/t22-/m0/s1. The van der Waals surface area contributed by atoms with Crippen molar-refractivity contribution in [3.05, 3.63) is 65.0 Å². The van der Waals surface area contributed by atoms with Crippen molar-refractivity contribution in [2.24, 2.45) is 0 Å². The molecule has 1 fully saturated rings. The quantitative estimate of drug-likeness (QED) is 0.261. The fourth-order valence-electron chi connectivity index (χ4n) is 3.81. The van der Waals surface area contributed by atoms with Gasteiger partial charge in [0.2, 0.25) is 0 Å². The Labute approximate surface area is 188 Å². The molecule has 32 heavy (non-hydrogen) atoms. The van der Waals surface area contributed by atoms with E-state index in [9.17, 15) is 14.7 Å². The smallest absolute Gasteiger partial charge is 0.295 e. The van der Waals surface area contributed by atoms with Gasteiger partial charge >= 0.3 is 0 Å². The zero-order valence-electron chi connectivity index (χ0n) is 18.8. The van der Waals surface area contributed by atoms with Crippen LogP contribution in [0.25, 0.3) is 5.76 Å². The Kier molecular flexibility index (Phi) is 8.00. The lowest BCUT2D eigenvalue weighted by Gasteiger charge is -2.25. The van der Waals surface area contributed by atoms with Crippen molar-refractivity contribution >= 4 is 17.4 Å². The highest BCUT2D eigenvalue weighted by Crippen LogP contribution is 2.39. The average molecular weight is 439 g/mol. The number of methoxy groups -OCH3 is 1. The molecule has 1 amide bonds. The van der Waals surface area contributed by atoms with Crippen LogP contribution >= 0.6 is 0 Å². The van der Waals surface area contributed by atoms with Gasteiger partial charge in [0.15, 0.2) is 0 Å². The first-order chi connectivity index (χ1) is 15.5. The third-order valence-electron chi connectivity index (χ3n) is 5.49. The number of pyridine rings is 1. The van der Waals surface area contributed by atoms with Crippen LogP contribution in [0.15, 0.2) is 48.3 Å². The van der Waals surface area contributed by atoms with Gasteiger partial charge < -0.3 is 19.5 Å². The van der Waals surface area contributed by atoms with Gasteiger partial charge in [-0.1, -0.05) is 19.4 Å². The van der Waals surface area contributed by atoms with Crippen molar-refractivity contribution in [1.82, 2.24) is 9.88 Å². The summed E-state index contributed by atoms with van der Waals surface area (Å²) in [6, 6.07) is 8.11. The van der Waals surface area contributed by atoms with Crippen LogP contribution in [0.5, 0.6) is 5.75 Å². The van der Waals surface area contributed by atoms with Gasteiger partial charge in [0.05, 0.1) is 18.2 Å². The number of rotatable bonds is 10. The molecule has 1 aliphatic heterocycles. The summed E-state index contributed by atoms with van der Waals surface area (Å²) >= 11 is 0. The predicted molar refractivity (Wildman–Crippen MR) is 121 cm³/mol. The first-order valence-corrected chi connectivity index (χ1v) is 10.9. The number of unbranched alkanes of at least 4 members (excludes halogenated alkanes) is 1. The van der Waals surface area contributed by atoms with E-state index in [1.54, 1.807) is 49.8 Å². The monoisotopic (exact) mass is 438 g/mol. The van der Waals surface area contributed by atoms with Gasteiger partial charge in [0, 0.05) is 38.2 Å². The molecule has 1 aromatic heterocycles. The summed E-state index contributed by atoms with van der Waals surface area (Å²) in [5.74, 6) is -0.795. The van der Waals surface area contributed by atoms with E-state index in [0.29, 0.717) is 37.3 Å². The van der Waals surface area contributed by atoms with Crippen LogP contribution in [0.2, 0.25) is 0 Å². The van der Waals surface area contributed by atoms with Crippen LogP contribution in [0.1, 0.15) is 48.9 Å². The highest BCUT2D eigenvalue weighted by molar-refractivity contribution is 6.46. The van der Waals surface area contributed by atoms with Gasteiger partial charge in [0.1, 0.15) is 11.5 Å². The number of aliphatic hydroxyl groups excluding tert-OH is 1. The molecule has 0 radical (unpaired) electrons. The Morgan fingerprint density at radius 2 is 2.00 bits per heavy atom. The highest BCUT2D eigenvalue weighted by Gasteiger charge is 2.45. The molecule has 0 bridgehead atoms. The largest absolute Gasteiger partial charge is 0.507 e. The lowest BCUT2D eigenvalue weighted by Crippen LogP contribution is -2.31. The van der Waals surface area contributed by atoms with E-state index in [-0.39, 0.29) is 11.3 Å². The summed E-state index contributed by atoms with van der Waals surface area (Å²) in [6.45, 7) is 5.40. The average Bonchev–Trinajstić information content (AvgIpc) is 3.05. The first kappa shape index (κ1) is 23.5. The number of aryl methyl sites for hydroxylation is 1. The van der Waals surface area contributed by atoms with E-state index in [1.165, 1.54) is 4.90 Å². The zero-order chi connectivity index (χ0) is 23.1. The minimum atomic E-state index is -0.707. The first-order valence-electron chi connectivity index (χ1n) is 10.9. The van der Waals surface area contributed by atoms with Gasteiger partial charge in [-0.25, -0.2) is 0 Å². The maximum atomic E-state index is 13.0. The van der Waals surface area contributed by atoms with Gasteiger partial charge in [0.25, 0.3) is 11.7 Å². The van der Waals surface area contributed by atoms with Gasteiger partial charge in [-0.05, 0) is 55.2 Å². The van der Waals surface area contributed by atoms with Gasteiger partial charge in [-0.2, -0.15) is 0 Å². The van der Waals surface area contributed by atoms with E-state index < -0.39 is 17.7 Å². The number of benzene rings is 1. The number of hydrogen-bond donors (Lipinski definition) is 1. The summed E-state index contributed by atoms with van der Waals surface area (Å²) in [5.41, 5.74) is 2.05. The molecular formula is C25H30N2O5. The number of aromatic nitrogens is 1. The number of carbonyl (C=O) groups excluding carboxylic acids is 2. The number of carbonyl (C=O) groups is 2. The summed E-state index contributed by atoms with van der Waals surface area (Å²) in [5, 5.41) is 11.2. The number of nitrogens with zero attached hydrogens (tertiary/aromatic N) is 2. The fraction of sp³-hybridized carbons (Fsp3) is 0.400. The molecule has 1 aromatic carbocycles. The van der Waals surface area contributed by atoms with E-state index >= 15 is 0 Å². The zero-order valence-corrected chi connectivity index (χ0v) is 18.8. The van der Waals surface area contributed by atoms with E-state index in [4.69, 9.17) is 9.47 Å². The Morgan fingerprint density at radius 1 is 1.19 bits per heavy atom. The number of amides is 1. The van der Waals surface area contributed by atoms with Gasteiger partial charge in [-0.15, -0.1) is 0 Å². The molecule has 2 heterocycles. The third-order valence-corrected chi connectivity index (χ3v) is 5.49. The summed E-state index contributed by atoms with van der Waals surface area (Å²) in [4.78, 5) is 31.5. The van der Waals surface area contributed by atoms with Crippen molar-refractivity contribution in [2.75, 3.05) is 26.9 Å². The number of Topliss-reactive ketones (excluding diaryl/α,β-unsaturated/α-hetero) is 1. The number of likely N-dealkylation sites (tertiary alicyclic amines) is 1. The molecule has 0 spiro atoms. The van der Waals surface area contributed by atoms with Crippen LogP contribution in [0.3, 0.4) is 0 Å². The van der Waals surface area contributed by atoms with Crippen LogP contribution < -0.4 is 4.74 Å². The topological polar surface area (TPSA) is 89.0 Å². The molecule has 170 valence electrons. The Bertz CT molecular complexity index is 987. The van der Waals surface area contributed by atoms with Crippen molar-refractivity contribution in [1.29, 1.82) is 0 Å². The number of hydrogen-bond acceptors (Lipinski definition) is 6. The molecule has 1 atom stereocenters. The molecule has 7 heteroatoms. The minimum absolute atomic E-state index is 0.0690. The van der Waals surface area contributed by atoms with Crippen molar-refractivity contribution in [3.63, 3.8) is 0 Å². The Balaban J connectivity index is 2.01. The summed E-state index contributed by atoms with van der Waals surface area (Å²) in [6.07, 6.45) is 5.81. The number of ether oxygens (including phenoxy) is 2. The molecule has 0 aliphatic carbocycles. The SMILES string of the molecule is CCCCOc1ccc(C(O)=C2C(=O)C(=O)N(CCCOC)[C@H]2c2cccnc2)cc1C. The molecule has 3 rings (SSSR count). The number of aliphatic hydroxyl groups is 1. The van der Waals surface area contributed by atoms with E-state index in [1.807, 2.05) is 6.92 Å². The summed E-state index contributed by atoms with van der Waals surface area (Å²) in [7, 11) is 1.59. The van der Waals surface area contributed by atoms with Crippen LogP contribution in [0.4, 0.5) is 0 Å². The van der Waals surface area contributed by atoms with Crippen molar-refractivity contribution < 1.29 is 24.2 Å². The minimum Gasteiger partial charge on any atom is -0.507 e. The second-order valence-electron chi connectivity index (χ2n) is 7.81. The molecular weight excluding hydrogens is 408 g/mol. The lowest BCUT2D eigenvalue weighted by molar-refractivity contribution is -0.140. The van der Waals surface area contributed by atoms with E-state index in [2.05, 4.69) is 11.9 Å². The molecule has 1 N–H and O–H groups in total. The molecule has 0 unspecified atom stereocenters. The maximum Gasteiger partial charge on any atom is 0.295 e. The number of ketones is 1. The normalized spacial score (nSPS) is 17.7. The Morgan fingerprint density at radius 3 is 2.66 bits per heavy atom. The molecule has 1 aliphatic rings. The predicted octanol–water partition coefficient (Wildman–Crippen LogP) is 4.03. The third kappa shape index (κ3) is 4.99. The maximum absolute atomic E-state index is 13.0. The lowest BCUT2D eigenvalue weighted by atomic mass is 9.95. The highest BCUT2D eigenvalue weighted by atomic mass is 16.5. The van der Waals surface area contributed by atoms with Crippen LogP contribution in [0, 0.1) is 6.92 Å². The molecule has 0 saturated carbocycles. The van der Waals surface area contributed by atoms with Crippen molar-refractivity contribution in [3.8, 4) is 5.75 Å². The molecule has 7 nitrogen and oxygen atoms in total. The summed E-state index contributed by atoms with van der Waals surface area (Å²) < 4.78 is 10.9. The Hall–Kier alpha value is -3.19. The molecule has 2 aromatic rings. The van der Waals surface area contributed by atoms with Crippen LogP contribution in [-0.4, -0.2) is 53.5 Å². The molecule has 1 saturated heterocycles. The second-order valence-corrected chi connectivity index (χ2v) is 7.81. The van der Waals surface area contributed by atoms with Crippen LogP contribution in [-0.2, 0) is 14.3 Å².